The van der Waals surface area contributed by atoms with Crippen molar-refractivity contribution in [1.29, 1.82) is 0 Å². The lowest BCUT2D eigenvalue weighted by Crippen LogP contribution is -2.59. The van der Waals surface area contributed by atoms with Crippen LogP contribution in [0.4, 0.5) is 0 Å². The highest BCUT2D eigenvalue weighted by atomic mass is 16.7. The fraction of sp³-hybridized carbons (Fsp3) is 0.650. The molecule has 0 bridgehead atoms. The van der Waals surface area contributed by atoms with Gasteiger partial charge in [-0.05, 0) is 48.6 Å². The molecule has 0 saturated carbocycles. The van der Waals surface area contributed by atoms with Crippen LogP contribution < -0.4 is 0 Å². The van der Waals surface area contributed by atoms with Crippen LogP contribution in [-0.2, 0) is 22.5 Å². The average molecular weight is 428 g/mol. The quantitative estimate of drug-likeness (QED) is 0.264. The van der Waals surface area contributed by atoms with Gasteiger partial charge in [-0.3, -0.25) is 4.79 Å². The van der Waals surface area contributed by atoms with Crippen LogP contribution in [0.2, 0.25) is 0 Å². The molecule has 1 saturated heterocycles. The summed E-state index contributed by atoms with van der Waals surface area (Å²) in [4.78, 5) is 12.6. The minimum absolute atomic E-state index is 0.0392. The van der Waals surface area contributed by atoms with Crippen LogP contribution in [0, 0.1) is 6.92 Å². The van der Waals surface area contributed by atoms with Gasteiger partial charge in [-0.15, -0.1) is 0 Å². The second kappa shape index (κ2) is 8.58. The zero-order chi connectivity index (χ0) is 22.4. The third-order valence-corrected chi connectivity index (χ3v) is 6.00. The fourth-order valence-electron chi connectivity index (χ4n) is 4.12. The first kappa shape index (κ1) is 23.2. The molecule has 1 aliphatic carbocycles. The summed E-state index contributed by atoms with van der Waals surface area (Å²) in [6.45, 7) is 1.90. The first-order chi connectivity index (χ1) is 14.1. The number of carbonyl (C=O) groups is 1. The monoisotopic (exact) mass is 428 g/mol. The number of ketones is 1. The zero-order valence-electron chi connectivity index (χ0n) is 16.7. The summed E-state index contributed by atoms with van der Waals surface area (Å²) < 4.78 is 10.8. The van der Waals surface area contributed by atoms with Gasteiger partial charge < -0.3 is 45.2 Å². The number of benzene rings is 1. The van der Waals surface area contributed by atoms with Crippen LogP contribution in [0.15, 0.2) is 6.07 Å². The Labute approximate surface area is 172 Å². The Morgan fingerprint density at radius 2 is 1.80 bits per heavy atom. The zero-order valence-corrected chi connectivity index (χ0v) is 16.7. The summed E-state index contributed by atoms with van der Waals surface area (Å²) in [5, 5.41) is 69.3. The van der Waals surface area contributed by atoms with Crippen molar-refractivity contribution in [2.45, 2.75) is 69.3 Å². The second-order valence-electron chi connectivity index (χ2n) is 7.96. The molecule has 3 rings (SSSR count). The number of aliphatic hydroxyl groups is 7. The predicted molar refractivity (Wildman–Crippen MR) is 100 cm³/mol. The molecule has 0 unspecified atom stereocenters. The number of ether oxygens (including phenoxy) is 2. The number of hydrogen-bond acceptors (Lipinski definition) is 10. The molecule has 1 fully saturated rings. The van der Waals surface area contributed by atoms with Gasteiger partial charge in [-0.1, -0.05) is 0 Å². The lowest BCUT2D eigenvalue weighted by molar-refractivity contribution is -0.300. The van der Waals surface area contributed by atoms with Gasteiger partial charge >= 0.3 is 0 Å². The van der Waals surface area contributed by atoms with Crippen molar-refractivity contribution in [2.75, 3.05) is 13.2 Å². The van der Waals surface area contributed by atoms with Gasteiger partial charge in [0.05, 0.1) is 19.8 Å². The first-order valence-electron chi connectivity index (χ1n) is 9.69. The number of carbonyl (C=O) groups excluding carboxylic acids is 1. The molecule has 0 spiro atoms. The van der Waals surface area contributed by atoms with E-state index in [0.717, 1.165) is 0 Å². The van der Waals surface area contributed by atoms with Crippen molar-refractivity contribution in [3.05, 3.63) is 33.9 Å². The van der Waals surface area contributed by atoms with Crippen LogP contribution in [0.25, 0.3) is 0 Å². The number of rotatable bonds is 6. The van der Waals surface area contributed by atoms with E-state index >= 15 is 0 Å². The maximum atomic E-state index is 12.6. The molecular weight excluding hydrogens is 400 g/mol. The van der Waals surface area contributed by atoms with Gasteiger partial charge in [0.1, 0.15) is 30.5 Å². The maximum Gasteiger partial charge on any atom is 0.197 e. The SMILES string of the molecule is Cc1c(CCO[C@@H]2O[C@H](CO)[C@@H](O)[C@H](O)[C@H]2O)c(CO)cc2c1C(=O)[C@](C)(O)[C@@H]2O. The number of hydrogen-bond donors (Lipinski definition) is 7. The van der Waals surface area contributed by atoms with Crippen LogP contribution in [-0.4, -0.2) is 91.0 Å². The Kier molecular flexibility index (Phi) is 6.63. The normalized spacial score (nSPS) is 36.2. The number of aliphatic hydroxyl groups excluding tert-OH is 6. The molecule has 0 aromatic heterocycles. The molecule has 7 N–H and O–H groups in total. The second-order valence-corrected chi connectivity index (χ2v) is 7.96. The van der Waals surface area contributed by atoms with Gasteiger partial charge in [0, 0.05) is 5.56 Å². The summed E-state index contributed by atoms with van der Waals surface area (Å²) in [5.41, 5.74) is 0.0337. The lowest BCUT2D eigenvalue weighted by Gasteiger charge is -2.39. The van der Waals surface area contributed by atoms with Gasteiger partial charge in [0.15, 0.2) is 17.7 Å². The van der Waals surface area contributed by atoms with Crippen molar-refractivity contribution < 1.29 is 50.0 Å². The van der Waals surface area contributed by atoms with E-state index in [1.807, 2.05) is 0 Å². The van der Waals surface area contributed by atoms with E-state index in [9.17, 15) is 40.5 Å². The number of fused-ring (bicyclic) bond motifs is 1. The summed E-state index contributed by atoms with van der Waals surface area (Å²) in [5.74, 6) is -0.608. The predicted octanol–water partition coefficient (Wildman–Crippen LogP) is -2.17. The molecule has 10 heteroatoms. The van der Waals surface area contributed by atoms with Gasteiger partial charge in [0.25, 0.3) is 0 Å². The Morgan fingerprint density at radius 3 is 2.40 bits per heavy atom. The van der Waals surface area contributed by atoms with E-state index < -0.39 is 54.8 Å². The van der Waals surface area contributed by atoms with Crippen molar-refractivity contribution in [3.8, 4) is 0 Å². The fourth-order valence-corrected chi connectivity index (χ4v) is 4.12. The van der Waals surface area contributed by atoms with Crippen molar-refractivity contribution in [1.82, 2.24) is 0 Å². The van der Waals surface area contributed by atoms with Gasteiger partial charge in [-0.25, -0.2) is 0 Å². The maximum absolute atomic E-state index is 12.6. The third kappa shape index (κ3) is 3.68. The highest BCUT2D eigenvalue weighted by molar-refractivity contribution is 6.08. The summed E-state index contributed by atoms with van der Waals surface area (Å²) >= 11 is 0. The molecule has 1 aromatic carbocycles. The van der Waals surface area contributed by atoms with Crippen LogP contribution in [0.1, 0.15) is 45.6 Å². The van der Waals surface area contributed by atoms with Crippen molar-refractivity contribution in [3.63, 3.8) is 0 Å². The van der Waals surface area contributed by atoms with Crippen LogP contribution >= 0.6 is 0 Å². The van der Waals surface area contributed by atoms with E-state index in [-0.39, 0.29) is 30.8 Å². The molecule has 1 aromatic rings. The highest BCUT2D eigenvalue weighted by Gasteiger charge is 2.49. The number of Topliss-reactive ketones (excluding diaryl/α,β-unsaturated/α-hetero) is 1. The minimum atomic E-state index is -1.95. The molecule has 1 heterocycles. The van der Waals surface area contributed by atoms with E-state index in [4.69, 9.17) is 9.47 Å². The first-order valence-corrected chi connectivity index (χ1v) is 9.69. The lowest BCUT2D eigenvalue weighted by atomic mass is 9.91. The van der Waals surface area contributed by atoms with Crippen LogP contribution in [0.5, 0.6) is 0 Å². The average Bonchev–Trinajstić information content (AvgIpc) is 2.89. The summed E-state index contributed by atoms with van der Waals surface area (Å²) in [7, 11) is 0. The smallest absolute Gasteiger partial charge is 0.197 e. The molecule has 30 heavy (non-hydrogen) atoms. The van der Waals surface area contributed by atoms with Gasteiger partial charge in [-0.2, -0.15) is 0 Å². The van der Waals surface area contributed by atoms with E-state index in [1.54, 1.807) is 6.92 Å². The largest absolute Gasteiger partial charge is 0.394 e. The molecular formula is C20H28O10. The molecule has 0 radical (unpaired) electrons. The van der Waals surface area contributed by atoms with E-state index in [1.165, 1.54) is 13.0 Å². The molecule has 1 aliphatic heterocycles. The molecule has 168 valence electrons. The Balaban J connectivity index is 1.78. The standard InChI is InChI=1S/C20H28O10/c1-8-10(3-4-29-19-16(25)15(24)14(23)12(7-22)30-19)9(6-21)5-11-13(8)18(27)20(2,28)17(11)26/h5,12,14-17,19,21-26,28H,3-4,6-7H2,1-2H3/t12-,14-,15+,16-,17-,19-,20-/m1/s1. The molecule has 7 atom stereocenters. The van der Waals surface area contributed by atoms with Crippen molar-refractivity contribution in [2.24, 2.45) is 0 Å². The van der Waals surface area contributed by atoms with E-state index in [0.29, 0.717) is 16.7 Å². The highest BCUT2D eigenvalue weighted by Crippen LogP contribution is 2.42. The Morgan fingerprint density at radius 1 is 1.13 bits per heavy atom. The third-order valence-electron chi connectivity index (χ3n) is 6.00. The topological polar surface area (TPSA) is 177 Å². The summed E-state index contributed by atoms with van der Waals surface area (Å²) in [6, 6.07) is 1.48. The molecule has 10 nitrogen and oxygen atoms in total. The van der Waals surface area contributed by atoms with Crippen molar-refractivity contribution >= 4 is 5.78 Å². The minimum Gasteiger partial charge on any atom is -0.394 e. The molecule has 2 aliphatic rings. The molecule has 0 amide bonds. The summed E-state index contributed by atoms with van der Waals surface area (Å²) in [6.07, 6.45) is -8.18. The van der Waals surface area contributed by atoms with Gasteiger partial charge in [0.2, 0.25) is 0 Å². The Hall–Kier alpha value is -1.47. The van der Waals surface area contributed by atoms with Crippen LogP contribution in [0.3, 0.4) is 0 Å². The Bertz CT molecular complexity index is 805. The van der Waals surface area contributed by atoms with E-state index in [2.05, 4.69) is 0 Å².